The van der Waals surface area contributed by atoms with Crippen LogP contribution in [0.3, 0.4) is 0 Å². The quantitative estimate of drug-likeness (QED) is 0.756. The molecule has 0 saturated heterocycles. The number of nitrogens with zero attached hydrogens (tertiary/aromatic N) is 3. The molecule has 1 aromatic carbocycles. The van der Waals surface area contributed by atoms with E-state index >= 15 is 0 Å². The summed E-state index contributed by atoms with van der Waals surface area (Å²) in [4.78, 5) is 25.8. The van der Waals surface area contributed by atoms with Gasteiger partial charge < -0.3 is 14.8 Å². The molecule has 0 radical (unpaired) electrons. The van der Waals surface area contributed by atoms with Crippen LogP contribution in [-0.4, -0.2) is 35.1 Å². The Hall–Kier alpha value is -3.00. The van der Waals surface area contributed by atoms with Gasteiger partial charge in [-0.2, -0.15) is 0 Å². The second kappa shape index (κ2) is 7.27. The lowest BCUT2D eigenvalue weighted by molar-refractivity contribution is 0.103. The molecule has 0 aliphatic heterocycles. The fraction of sp³-hybridized carbons (Fsp3) is 0.176. The van der Waals surface area contributed by atoms with Gasteiger partial charge in [0.25, 0.3) is 5.91 Å². The standard InChI is InChI=1S/C17H16N4O3S/c1-10-14(25-17(20-10)15-18-7-4-8-19-15)16(22)21-11-5-6-12(23-2)13(9-11)24-3/h4-9H,1-3H3,(H,21,22). The van der Waals surface area contributed by atoms with Crippen molar-refractivity contribution >= 4 is 22.9 Å². The van der Waals surface area contributed by atoms with Crippen LogP contribution in [0.1, 0.15) is 15.4 Å². The van der Waals surface area contributed by atoms with Crippen molar-refractivity contribution in [2.75, 3.05) is 19.5 Å². The number of methoxy groups -OCH3 is 2. The van der Waals surface area contributed by atoms with Gasteiger partial charge in [-0.3, -0.25) is 4.79 Å². The monoisotopic (exact) mass is 356 g/mol. The molecule has 3 aromatic rings. The van der Waals surface area contributed by atoms with Crippen molar-refractivity contribution in [1.82, 2.24) is 15.0 Å². The number of thiazole rings is 1. The van der Waals surface area contributed by atoms with Gasteiger partial charge in [0, 0.05) is 24.1 Å². The fourth-order valence-corrected chi connectivity index (χ4v) is 3.12. The van der Waals surface area contributed by atoms with E-state index in [2.05, 4.69) is 20.3 Å². The van der Waals surface area contributed by atoms with Gasteiger partial charge >= 0.3 is 0 Å². The van der Waals surface area contributed by atoms with Crippen molar-refractivity contribution in [2.45, 2.75) is 6.92 Å². The van der Waals surface area contributed by atoms with E-state index in [1.165, 1.54) is 11.3 Å². The predicted octanol–water partition coefficient (Wildman–Crippen LogP) is 3.18. The zero-order valence-electron chi connectivity index (χ0n) is 13.9. The second-order valence-corrected chi connectivity index (χ2v) is 6.03. The molecule has 0 spiro atoms. The molecule has 1 N–H and O–H groups in total. The number of carbonyl (C=O) groups excluding carboxylic acids is 1. The number of hydrogen-bond acceptors (Lipinski definition) is 7. The van der Waals surface area contributed by atoms with Crippen LogP contribution in [0, 0.1) is 6.92 Å². The van der Waals surface area contributed by atoms with E-state index in [-0.39, 0.29) is 5.91 Å². The van der Waals surface area contributed by atoms with Crippen molar-refractivity contribution in [2.24, 2.45) is 0 Å². The van der Waals surface area contributed by atoms with E-state index in [9.17, 15) is 4.79 Å². The van der Waals surface area contributed by atoms with E-state index < -0.39 is 0 Å². The number of rotatable bonds is 5. The van der Waals surface area contributed by atoms with E-state index in [0.717, 1.165) is 0 Å². The van der Waals surface area contributed by atoms with Crippen LogP contribution < -0.4 is 14.8 Å². The van der Waals surface area contributed by atoms with Gasteiger partial charge in [0.05, 0.1) is 19.9 Å². The molecule has 0 bridgehead atoms. The van der Waals surface area contributed by atoms with E-state index in [1.807, 2.05) is 0 Å². The minimum absolute atomic E-state index is 0.246. The lowest BCUT2D eigenvalue weighted by atomic mass is 10.2. The molecule has 1 amide bonds. The largest absolute Gasteiger partial charge is 0.493 e. The van der Waals surface area contributed by atoms with Crippen molar-refractivity contribution in [1.29, 1.82) is 0 Å². The smallest absolute Gasteiger partial charge is 0.267 e. The number of hydrogen-bond donors (Lipinski definition) is 1. The number of nitrogens with one attached hydrogen (secondary N) is 1. The summed E-state index contributed by atoms with van der Waals surface area (Å²) in [6, 6.07) is 6.91. The molecule has 0 aliphatic rings. The summed E-state index contributed by atoms with van der Waals surface area (Å²) >= 11 is 1.25. The zero-order chi connectivity index (χ0) is 17.8. The van der Waals surface area contributed by atoms with Gasteiger partial charge in [-0.05, 0) is 25.1 Å². The van der Waals surface area contributed by atoms with Crippen LogP contribution in [0.15, 0.2) is 36.7 Å². The van der Waals surface area contributed by atoms with Crippen LogP contribution in [0.5, 0.6) is 11.5 Å². The third kappa shape index (κ3) is 3.58. The number of ether oxygens (including phenoxy) is 2. The highest BCUT2D eigenvalue weighted by atomic mass is 32.1. The van der Waals surface area contributed by atoms with Gasteiger partial charge in [0.2, 0.25) is 0 Å². The molecule has 7 nitrogen and oxygen atoms in total. The highest BCUT2D eigenvalue weighted by Gasteiger charge is 2.18. The molecule has 0 unspecified atom stereocenters. The average Bonchev–Trinajstić information content (AvgIpc) is 3.04. The Morgan fingerprint density at radius 1 is 1.12 bits per heavy atom. The fourth-order valence-electron chi connectivity index (χ4n) is 2.21. The molecule has 2 heterocycles. The Morgan fingerprint density at radius 3 is 2.52 bits per heavy atom. The number of amides is 1. The van der Waals surface area contributed by atoms with Crippen molar-refractivity contribution in [3.63, 3.8) is 0 Å². The Morgan fingerprint density at radius 2 is 1.84 bits per heavy atom. The third-order valence-corrected chi connectivity index (χ3v) is 4.55. The summed E-state index contributed by atoms with van der Waals surface area (Å²) in [6.07, 6.45) is 3.28. The predicted molar refractivity (Wildman–Crippen MR) is 95.4 cm³/mol. The summed E-state index contributed by atoms with van der Waals surface area (Å²) in [5.74, 6) is 1.39. The van der Waals surface area contributed by atoms with Gasteiger partial charge in [-0.1, -0.05) is 0 Å². The number of benzene rings is 1. The molecular weight excluding hydrogens is 340 g/mol. The summed E-state index contributed by atoms with van der Waals surface area (Å²) in [5, 5.41) is 3.45. The summed E-state index contributed by atoms with van der Waals surface area (Å²) in [6.45, 7) is 1.78. The Balaban J connectivity index is 1.83. The molecule has 128 valence electrons. The van der Waals surface area contributed by atoms with E-state index in [1.54, 1.807) is 57.8 Å². The number of aromatic nitrogens is 3. The average molecular weight is 356 g/mol. The molecule has 0 fully saturated rings. The van der Waals surface area contributed by atoms with Gasteiger partial charge in [-0.25, -0.2) is 15.0 Å². The van der Waals surface area contributed by atoms with Crippen molar-refractivity contribution < 1.29 is 14.3 Å². The molecule has 0 atom stereocenters. The maximum Gasteiger partial charge on any atom is 0.267 e. The lowest BCUT2D eigenvalue weighted by Crippen LogP contribution is -2.11. The van der Waals surface area contributed by atoms with Crippen molar-refractivity contribution in [3.05, 3.63) is 47.2 Å². The van der Waals surface area contributed by atoms with Crippen LogP contribution in [0.4, 0.5) is 5.69 Å². The minimum atomic E-state index is -0.246. The topological polar surface area (TPSA) is 86.2 Å². The Bertz CT molecular complexity index is 896. The van der Waals surface area contributed by atoms with Gasteiger partial charge in [0.15, 0.2) is 22.3 Å². The van der Waals surface area contributed by atoms with E-state index in [4.69, 9.17) is 9.47 Å². The summed E-state index contributed by atoms with van der Waals surface area (Å²) in [7, 11) is 3.10. The Labute approximate surface area is 148 Å². The molecular formula is C17H16N4O3S. The third-order valence-electron chi connectivity index (χ3n) is 3.40. The molecule has 25 heavy (non-hydrogen) atoms. The summed E-state index contributed by atoms with van der Waals surface area (Å²) < 4.78 is 10.4. The normalized spacial score (nSPS) is 10.4. The van der Waals surface area contributed by atoms with Crippen LogP contribution >= 0.6 is 11.3 Å². The van der Waals surface area contributed by atoms with Crippen molar-refractivity contribution in [3.8, 4) is 22.3 Å². The van der Waals surface area contributed by atoms with Gasteiger partial charge in [-0.15, -0.1) is 11.3 Å². The number of carbonyl (C=O) groups is 1. The van der Waals surface area contributed by atoms with Crippen LogP contribution in [0.2, 0.25) is 0 Å². The summed E-state index contributed by atoms with van der Waals surface area (Å²) in [5.41, 5.74) is 1.23. The molecule has 8 heteroatoms. The first-order valence-electron chi connectivity index (χ1n) is 7.40. The SMILES string of the molecule is COc1ccc(NC(=O)c2sc(-c3ncccn3)nc2C)cc1OC. The molecule has 0 aliphatic carbocycles. The number of anilines is 1. The first kappa shape index (κ1) is 16.8. The molecule has 2 aromatic heterocycles. The van der Waals surface area contributed by atoms with Crippen LogP contribution in [-0.2, 0) is 0 Å². The highest BCUT2D eigenvalue weighted by molar-refractivity contribution is 7.17. The maximum absolute atomic E-state index is 12.6. The first-order chi connectivity index (χ1) is 12.1. The first-order valence-corrected chi connectivity index (χ1v) is 8.22. The molecule has 3 rings (SSSR count). The Kier molecular flexibility index (Phi) is 4.90. The highest BCUT2D eigenvalue weighted by Crippen LogP contribution is 2.31. The van der Waals surface area contributed by atoms with Crippen LogP contribution in [0.25, 0.3) is 10.8 Å². The second-order valence-electron chi connectivity index (χ2n) is 5.03. The number of aryl methyl sites for hydroxylation is 1. The maximum atomic E-state index is 12.6. The van der Waals surface area contributed by atoms with Gasteiger partial charge in [0.1, 0.15) is 4.88 Å². The molecule has 0 saturated carbocycles. The lowest BCUT2D eigenvalue weighted by Gasteiger charge is -2.10. The van der Waals surface area contributed by atoms with E-state index in [0.29, 0.717) is 38.6 Å². The minimum Gasteiger partial charge on any atom is -0.493 e. The zero-order valence-corrected chi connectivity index (χ0v) is 14.8.